The summed E-state index contributed by atoms with van der Waals surface area (Å²) >= 11 is 0. The summed E-state index contributed by atoms with van der Waals surface area (Å²) in [5, 5.41) is 18.5. The molecule has 0 aliphatic carbocycles. The lowest BCUT2D eigenvalue weighted by molar-refractivity contribution is -0.121. The summed E-state index contributed by atoms with van der Waals surface area (Å²) in [6.45, 7) is 4.24. The van der Waals surface area contributed by atoms with Crippen LogP contribution in [-0.4, -0.2) is 42.9 Å². The smallest absolute Gasteiger partial charge is 0.146 e. The van der Waals surface area contributed by atoms with E-state index in [1.54, 1.807) is 0 Å². The van der Waals surface area contributed by atoms with Crippen LogP contribution in [0.5, 0.6) is 0 Å². The molecule has 0 fully saturated rings. The molecule has 86 valence electrons. The molecule has 4 heteroatoms. The van der Waals surface area contributed by atoms with E-state index in [2.05, 4.69) is 0 Å². The van der Waals surface area contributed by atoms with Crippen molar-refractivity contribution in [3.8, 4) is 0 Å². The van der Waals surface area contributed by atoms with Gasteiger partial charge >= 0.3 is 0 Å². The standard InChI is InChI=1S/C10H22O4/c1-8(2)6-9(12)10(4-5-11)14-7-13-3/h8-12H,4-7H2,1-3H3/t9-,10+/m0/s1. The fourth-order valence-electron chi connectivity index (χ4n) is 1.30. The van der Waals surface area contributed by atoms with E-state index in [1.165, 1.54) is 7.11 Å². The molecule has 0 amide bonds. The fraction of sp³-hybridized carbons (Fsp3) is 1.00. The second kappa shape index (κ2) is 8.17. The van der Waals surface area contributed by atoms with Crippen LogP contribution < -0.4 is 0 Å². The molecule has 0 unspecified atom stereocenters. The van der Waals surface area contributed by atoms with Crippen molar-refractivity contribution in [2.45, 2.75) is 38.9 Å². The van der Waals surface area contributed by atoms with Gasteiger partial charge in [0.15, 0.2) is 0 Å². The minimum absolute atomic E-state index is 0.0174. The average Bonchev–Trinajstić information content (AvgIpc) is 2.10. The van der Waals surface area contributed by atoms with Crippen molar-refractivity contribution in [3.63, 3.8) is 0 Å². The molecule has 0 aromatic heterocycles. The van der Waals surface area contributed by atoms with Crippen LogP contribution >= 0.6 is 0 Å². The number of hydrogen-bond donors (Lipinski definition) is 2. The molecule has 0 aromatic carbocycles. The molecule has 0 saturated heterocycles. The van der Waals surface area contributed by atoms with Gasteiger partial charge in [0.05, 0.1) is 12.2 Å². The van der Waals surface area contributed by atoms with E-state index in [9.17, 15) is 5.11 Å². The predicted octanol–water partition coefficient (Wildman–Crippen LogP) is 0.765. The zero-order valence-corrected chi connectivity index (χ0v) is 9.27. The van der Waals surface area contributed by atoms with Crippen LogP contribution in [0, 0.1) is 5.92 Å². The van der Waals surface area contributed by atoms with E-state index in [-0.39, 0.29) is 19.5 Å². The summed E-state index contributed by atoms with van der Waals surface area (Å²) in [6.07, 6.45) is 0.255. The summed E-state index contributed by atoms with van der Waals surface area (Å²) < 4.78 is 10.0. The third-order valence-corrected chi connectivity index (χ3v) is 1.96. The lowest BCUT2D eigenvalue weighted by Gasteiger charge is -2.23. The first kappa shape index (κ1) is 13.8. The topological polar surface area (TPSA) is 58.9 Å². The zero-order valence-electron chi connectivity index (χ0n) is 9.27. The molecule has 0 aliphatic rings. The zero-order chi connectivity index (χ0) is 11.0. The fourth-order valence-corrected chi connectivity index (χ4v) is 1.30. The first-order valence-electron chi connectivity index (χ1n) is 5.01. The van der Waals surface area contributed by atoms with Crippen molar-refractivity contribution in [1.29, 1.82) is 0 Å². The minimum atomic E-state index is -0.530. The number of aliphatic hydroxyl groups is 2. The molecule has 2 N–H and O–H groups in total. The molecule has 0 heterocycles. The number of rotatable bonds is 8. The molecule has 4 nitrogen and oxygen atoms in total. The highest BCUT2D eigenvalue weighted by Gasteiger charge is 2.20. The van der Waals surface area contributed by atoms with Crippen molar-refractivity contribution < 1.29 is 19.7 Å². The van der Waals surface area contributed by atoms with Crippen LogP contribution in [0.2, 0.25) is 0 Å². The molecule has 0 rings (SSSR count). The van der Waals surface area contributed by atoms with Crippen LogP contribution in [0.4, 0.5) is 0 Å². The molecule has 0 aromatic rings. The monoisotopic (exact) mass is 206 g/mol. The maximum atomic E-state index is 9.75. The number of methoxy groups -OCH3 is 1. The summed E-state index contributed by atoms with van der Waals surface area (Å²) in [6, 6.07) is 0. The number of hydrogen-bond acceptors (Lipinski definition) is 4. The van der Waals surface area contributed by atoms with Crippen molar-refractivity contribution in [2.24, 2.45) is 5.92 Å². The van der Waals surface area contributed by atoms with Gasteiger partial charge in [-0.25, -0.2) is 0 Å². The summed E-state index contributed by atoms with van der Waals surface area (Å²) in [4.78, 5) is 0. The van der Waals surface area contributed by atoms with Crippen molar-refractivity contribution in [3.05, 3.63) is 0 Å². The minimum Gasteiger partial charge on any atom is -0.396 e. The number of ether oxygens (including phenoxy) is 2. The Balaban J connectivity index is 3.89. The number of aliphatic hydroxyl groups excluding tert-OH is 2. The van der Waals surface area contributed by atoms with Crippen molar-refractivity contribution in [2.75, 3.05) is 20.5 Å². The van der Waals surface area contributed by atoms with E-state index in [1.807, 2.05) is 13.8 Å². The highest BCUT2D eigenvalue weighted by Crippen LogP contribution is 2.13. The van der Waals surface area contributed by atoms with Gasteiger partial charge in [0.1, 0.15) is 6.79 Å². The Morgan fingerprint density at radius 1 is 1.29 bits per heavy atom. The molecule has 0 radical (unpaired) electrons. The molecular formula is C10H22O4. The van der Waals surface area contributed by atoms with Gasteiger partial charge in [-0.1, -0.05) is 13.8 Å². The van der Waals surface area contributed by atoms with Crippen molar-refractivity contribution in [1.82, 2.24) is 0 Å². The Hall–Kier alpha value is -0.160. The van der Waals surface area contributed by atoms with Crippen LogP contribution in [0.1, 0.15) is 26.7 Å². The molecule has 14 heavy (non-hydrogen) atoms. The third kappa shape index (κ3) is 6.32. The normalized spacial score (nSPS) is 15.9. The lowest BCUT2D eigenvalue weighted by Crippen LogP contribution is -2.31. The summed E-state index contributed by atoms with van der Waals surface area (Å²) in [5.41, 5.74) is 0. The molecule has 0 spiro atoms. The summed E-state index contributed by atoms with van der Waals surface area (Å²) in [7, 11) is 1.53. The highest BCUT2D eigenvalue weighted by molar-refractivity contribution is 4.70. The Morgan fingerprint density at radius 2 is 1.93 bits per heavy atom. The van der Waals surface area contributed by atoms with Gasteiger partial charge in [0, 0.05) is 13.7 Å². The lowest BCUT2D eigenvalue weighted by atomic mass is 10.0. The molecule has 0 saturated carbocycles. The van der Waals surface area contributed by atoms with Crippen LogP contribution in [0.3, 0.4) is 0 Å². The van der Waals surface area contributed by atoms with Gasteiger partial charge in [-0.2, -0.15) is 0 Å². The SMILES string of the molecule is COCO[C@H](CCO)[C@@H](O)CC(C)C. The van der Waals surface area contributed by atoms with Gasteiger partial charge in [-0.3, -0.25) is 0 Å². The van der Waals surface area contributed by atoms with Gasteiger partial charge < -0.3 is 19.7 Å². The Bertz CT molecular complexity index is 127. The van der Waals surface area contributed by atoms with Crippen molar-refractivity contribution >= 4 is 0 Å². The van der Waals surface area contributed by atoms with E-state index in [0.717, 1.165) is 0 Å². The summed E-state index contributed by atoms with van der Waals surface area (Å²) in [5.74, 6) is 0.414. The maximum absolute atomic E-state index is 9.75. The second-order valence-electron chi connectivity index (χ2n) is 3.82. The first-order valence-corrected chi connectivity index (χ1v) is 5.01. The third-order valence-electron chi connectivity index (χ3n) is 1.96. The highest BCUT2D eigenvalue weighted by atomic mass is 16.7. The first-order chi connectivity index (χ1) is 6.61. The predicted molar refractivity (Wildman–Crippen MR) is 53.9 cm³/mol. The van der Waals surface area contributed by atoms with Gasteiger partial charge in [-0.05, 0) is 18.8 Å². The van der Waals surface area contributed by atoms with E-state index in [4.69, 9.17) is 14.6 Å². The molecular weight excluding hydrogens is 184 g/mol. The Morgan fingerprint density at radius 3 is 2.36 bits per heavy atom. The van der Waals surface area contributed by atoms with Gasteiger partial charge in [0.25, 0.3) is 0 Å². The largest absolute Gasteiger partial charge is 0.396 e. The van der Waals surface area contributed by atoms with E-state index >= 15 is 0 Å². The Labute approximate surface area is 85.8 Å². The van der Waals surface area contributed by atoms with E-state index in [0.29, 0.717) is 18.8 Å². The molecule has 0 aliphatic heterocycles. The second-order valence-corrected chi connectivity index (χ2v) is 3.82. The molecule has 0 bridgehead atoms. The van der Waals surface area contributed by atoms with E-state index < -0.39 is 6.10 Å². The quantitative estimate of drug-likeness (QED) is 0.576. The van der Waals surface area contributed by atoms with Crippen LogP contribution in [0.25, 0.3) is 0 Å². The molecule has 2 atom stereocenters. The maximum Gasteiger partial charge on any atom is 0.146 e. The van der Waals surface area contributed by atoms with Crippen LogP contribution in [0.15, 0.2) is 0 Å². The van der Waals surface area contributed by atoms with Crippen LogP contribution in [-0.2, 0) is 9.47 Å². The van der Waals surface area contributed by atoms with Gasteiger partial charge in [-0.15, -0.1) is 0 Å². The average molecular weight is 206 g/mol. The Kier molecular flexibility index (Phi) is 8.08. The van der Waals surface area contributed by atoms with Gasteiger partial charge in [0.2, 0.25) is 0 Å².